The summed E-state index contributed by atoms with van der Waals surface area (Å²) >= 11 is 1.36. The van der Waals surface area contributed by atoms with Crippen molar-refractivity contribution in [2.45, 2.75) is 58.0 Å². The SMILES string of the molecule is COc1ccc(C2CC(=O)N(C(C)C(=O)NC3=CN(C(C)C)NS3)C2)cc1OCC1CC1. The van der Waals surface area contributed by atoms with Crippen LogP contribution in [0, 0.1) is 5.92 Å². The van der Waals surface area contributed by atoms with E-state index >= 15 is 0 Å². The minimum atomic E-state index is -0.550. The number of nitrogens with one attached hydrogen (secondary N) is 2. The van der Waals surface area contributed by atoms with E-state index in [1.54, 1.807) is 18.9 Å². The number of likely N-dealkylation sites (tertiary alicyclic amines) is 1. The summed E-state index contributed by atoms with van der Waals surface area (Å²) < 4.78 is 11.4. The molecule has 3 aliphatic rings. The Bertz CT molecular complexity index is 902. The van der Waals surface area contributed by atoms with E-state index in [4.69, 9.17) is 9.47 Å². The monoisotopic (exact) mass is 460 g/mol. The molecule has 0 spiro atoms. The third-order valence-electron chi connectivity index (χ3n) is 6.16. The molecule has 9 heteroatoms. The molecule has 32 heavy (non-hydrogen) atoms. The molecule has 2 heterocycles. The van der Waals surface area contributed by atoms with E-state index < -0.39 is 6.04 Å². The Kier molecular flexibility index (Phi) is 6.85. The lowest BCUT2D eigenvalue weighted by Crippen LogP contribution is -2.45. The molecule has 1 aromatic carbocycles. The Morgan fingerprint density at radius 1 is 1.28 bits per heavy atom. The van der Waals surface area contributed by atoms with Gasteiger partial charge in [-0.25, -0.2) is 0 Å². The van der Waals surface area contributed by atoms with Gasteiger partial charge in [0.25, 0.3) is 0 Å². The molecule has 1 aliphatic carbocycles. The molecule has 0 radical (unpaired) electrons. The Labute approximate surface area is 193 Å². The summed E-state index contributed by atoms with van der Waals surface area (Å²) in [6, 6.07) is 5.60. The number of hydrogen-bond acceptors (Lipinski definition) is 7. The molecule has 2 aliphatic heterocycles. The predicted octanol–water partition coefficient (Wildman–Crippen LogP) is 2.98. The number of hydrazine groups is 1. The van der Waals surface area contributed by atoms with Crippen LogP contribution in [0.25, 0.3) is 0 Å². The van der Waals surface area contributed by atoms with Crippen LogP contribution in [-0.2, 0) is 9.59 Å². The third-order valence-corrected chi connectivity index (χ3v) is 6.89. The van der Waals surface area contributed by atoms with Crippen molar-refractivity contribution < 1.29 is 19.1 Å². The topological polar surface area (TPSA) is 83.1 Å². The molecule has 1 saturated heterocycles. The lowest BCUT2D eigenvalue weighted by atomic mass is 9.98. The molecule has 2 atom stereocenters. The molecule has 4 rings (SSSR count). The second-order valence-electron chi connectivity index (χ2n) is 8.96. The first-order chi connectivity index (χ1) is 15.4. The molecular formula is C23H32N4O4S. The van der Waals surface area contributed by atoms with Crippen molar-refractivity contribution in [3.8, 4) is 11.5 Å². The maximum absolute atomic E-state index is 12.8. The minimum absolute atomic E-state index is 0.0103. The predicted molar refractivity (Wildman–Crippen MR) is 124 cm³/mol. The summed E-state index contributed by atoms with van der Waals surface area (Å²) in [6.07, 6.45) is 4.69. The number of nitrogens with zero attached hydrogens (tertiary/aromatic N) is 2. The van der Waals surface area contributed by atoms with Crippen LogP contribution >= 0.6 is 11.9 Å². The van der Waals surface area contributed by atoms with Gasteiger partial charge in [-0.15, -0.1) is 0 Å². The first kappa shape index (κ1) is 22.8. The number of ether oxygens (including phenoxy) is 2. The van der Waals surface area contributed by atoms with Gasteiger partial charge in [-0.05, 0) is 69.2 Å². The van der Waals surface area contributed by atoms with Crippen molar-refractivity contribution in [3.63, 3.8) is 0 Å². The van der Waals surface area contributed by atoms with Gasteiger partial charge >= 0.3 is 0 Å². The minimum Gasteiger partial charge on any atom is -0.493 e. The van der Waals surface area contributed by atoms with E-state index in [2.05, 4.69) is 24.0 Å². The van der Waals surface area contributed by atoms with Crippen LogP contribution in [0.5, 0.6) is 11.5 Å². The molecular weight excluding hydrogens is 428 g/mol. The highest BCUT2D eigenvalue weighted by Crippen LogP contribution is 2.37. The number of rotatable bonds is 9. The molecule has 2 N–H and O–H groups in total. The maximum atomic E-state index is 12.8. The fourth-order valence-corrected chi connectivity index (χ4v) is 4.63. The Hall–Kier alpha value is -2.39. The van der Waals surface area contributed by atoms with Crippen LogP contribution in [0.4, 0.5) is 0 Å². The molecule has 2 amide bonds. The molecule has 1 saturated carbocycles. The van der Waals surface area contributed by atoms with Gasteiger partial charge in [0.05, 0.1) is 13.7 Å². The van der Waals surface area contributed by atoms with Gasteiger partial charge in [-0.2, -0.15) is 4.83 Å². The number of benzene rings is 1. The van der Waals surface area contributed by atoms with Gasteiger partial charge in [0.15, 0.2) is 11.5 Å². The highest BCUT2D eigenvalue weighted by atomic mass is 32.2. The maximum Gasteiger partial charge on any atom is 0.247 e. The van der Waals surface area contributed by atoms with Gasteiger partial charge in [0, 0.05) is 31.1 Å². The van der Waals surface area contributed by atoms with E-state index in [0.29, 0.717) is 31.2 Å². The number of methoxy groups -OCH3 is 1. The Morgan fingerprint density at radius 2 is 2.06 bits per heavy atom. The molecule has 174 valence electrons. The molecule has 0 bridgehead atoms. The lowest BCUT2D eigenvalue weighted by Gasteiger charge is -2.24. The zero-order chi connectivity index (χ0) is 22.8. The summed E-state index contributed by atoms with van der Waals surface area (Å²) in [5.74, 6) is 1.89. The summed E-state index contributed by atoms with van der Waals surface area (Å²) in [5.41, 5.74) is 1.03. The molecule has 0 aromatic heterocycles. The first-order valence-electron chi connectivity index (χ1n) is 11.2. The van der Waals surface area contributed by atoms with Gasteiger partial charge in [-0.1, -0.05) is 6.07 Å². The third kappa shape index (κ3) is 5.15. The zero-order valence-electron chi connectivity index (χ0n) is 19.1. The quantitative estimate of drug-likeness (QED) is 0.548. The molecule has 2 unspecified atom stereocenters. The standard InChI is InChI=1S/C23H32N4O4S/c1-14(2)27-12-21(32-25-27)24-23(29)15(3)26-11-18(10-22(26)28)17-7-8-19(30-4)20(9-17)31-13-16-5-6-16/h7-9,12,14-16,18,25H,5-6,10-11,13H2,1-4H3,(H,24,29). The van der Waals surface area contributed by atoms with Crippen LogP contribution in [-0.4, -0.2) is 54.1 Å². The van der Waals surface area contributed by atoms with Crippen molar-refractivity contribution in [1.82, 2.24) is 20.1 Å². The molecule has 8 nitrogen and oxygen atoms in total. The Morgan fingerprint density at radius 3 is 2.72 bits per heavy atom. The zero-order valence-corrected chi connectivity index (χ0v) is 19.9. The fourth-order valence-electron chi connectivity index (χ4n) is 3.84. The number of hydrogen-bond donors (Lipinski definition) is 2. The van der Waals surface area contributed by atoms with Crippen LogP contribution in [0.2, 0.25) is 0 Å². The van der Waals surface area contributed by atoms with Crippen LogP contribution < -0.4 is 19.6 Å². The number of carbonyl (C=O) groups excluding carboxylic acids is 2. The van der Waals surface area contributed by atoms with E-state index in [-0.39, 0.29) is 23.8 Å². The number of amides is 2. The van der Waals surface area contributed by atoms with E-state index in [0.717, 1.165) is 16.3 Å². The first-order valence-corrected chi connectivity index (χ1v) is 12.0. The van der Waals surface area contributed by atoms with Crippen LogP contribution in [0.15, 0.2) is 29.4 Å². The average molecular weight is 461 g/mol. The average Bonchev–Trinajstić information content (AvgIpc) is 3.35. The highest BCUT2D eigenvalue weighted by molar-refractivity contribution is 8.01. The molecule has 2 fully saturated rings. The fraction of sp³-hybridized carbons (Fsp3) is 0.565. The van der Waals surface area contributed by atoms with Crippen molar-refractivity contribution in [1.29, 1.82) is 0 Å². The smallest absolute Gasteiger partial charge is 0.247 e. The lowest BCUT2D eigenvalue weighted by molar-refractivity contribution is -0.136. The van der Waals surface area contributed by atoms with Crippen molar-refractivity contribution in [2.75, 3.05) is 20.3 Å². The van der Waals surface area contributed by atoms with Gasteiger partial charge < -0.3 is 24.7 Å². The van der Waals surface area contributed by atoms with Gasteiger partial charge in [0.2, 0.25) is 11.8 Å². The summed E-state index contributed by atoms with van der Waals surface area (Å²) in [4.78, 5) is 30.4. The largest absolute Gasteiger partial charge is 0.493 e. The van der Waals surface area contributed by atoms with E-state index in [1.807, 2.05) is 29.4 Å². The molecule has 1 aromatic rings. The van der Waals surface area contributed by atoms with Crippen molar-refractivity contribution in [3.05, 3.63) is 35.0 Å². The van der Waals surface area contributed by atoms with E-state index in [1.165, 1.54) is 24.8 Å². The second-order valence-corrected chi connectivity index (χ2v) is 9.79. The van der Waals surface area contributed by atoms with Crippen molar-refractivity contribution >= 4 is 23.8 Å². The Balaban J connectivity index is 1.39. The van der Waals surface area contributed by atoms with Crippen LogP contribution in [0.1, 0.15) is 51.5 Å². The highest BCUT2D eigenvalue weighted by Gasteiger charge is 2.37. The summed E-state index contributed by atoms with van der Waals surface area (Å²) in [7, 11) is 1.63. The van der Waals surface area contributed by atoms with Crippen molar-refractivity contribution in [2.24, 2.45) is 5.92 Å². The summed E-state index contributed by atoms with van der Waals surface area (Å²) in [5, 5.41) is 5.58. The normalized spacial score (nSPS) is 21.7. The van der Waals surface area contributed by atoms with Crippen LogP contribution in [0.3, 0.4) is 0 Å². The van der Waals surface area contributed by atoms with Gasteiger partial charge in [0.1, 0.15) is 11.1 Å². The van der Waals surface area contributed by atoms with Gasteiger partial charge in [-0.3, -0.25) is 9.59 Å². The number of carbonyl (C=O) groups is 2. The van der Waals surface area contributed by atoms with E-state index in [9.17, 15) is 9.59 Å². The summed E-state index contributed by atoms with van der Waals surface area (Å²) in [6.45, 7) is 7.10. The second kappa shape index (κ2) is 9.62.